The zero-order valence-electron chi connectivity index (χ0n) is 11.4. The van der Waals surface area contributed by atoms with Gasteiger partial charge in [-0.3, -0.25) is 4.79 Å². The van der Waals surface area contributed by atoms with E-state index in [-0.39, 0.29) is 22.8 Å². The van der Waals surface area contributed by atoms with Crippen LogP contribution in [0.2, 0.25) is 5.28 Å². The second-order valence-corrected chi connectivity index (χ2v) is 6.07. The Morgan fingerprint density at radius 3 is 2.90 bits per heavy atom. The lowest BCUT2D eigenvalue weighted by molar-refractivity contribution is -0.138. The molecule has 5 nitrogen and oxygen atoms in total. The molecule has 0 radical (unpaired) electrons. The third-order valence-electron chi connectivity index (χ3n) is 4.07. The minimum absolute atomic E-state index is 0.0238. The van der Waals surface area contributed by atoms with E-state index in [9.17, 15) is 13.6 Å². The van der Waals surface area contributed by atoms with E-state index in [2.05, 4.69) is 22.2 Å². The van der Waals surface area contributed by atoms with E-state index in [0.29, 0.717) is 5.92 Å². The third kappa shape index (κ3) is 2.66. The topological polar surface area (TPSA) is 58.1 Å². The van der Waals surface area contributed by atoms with Crippen molar-refractivity contribution in [3.8, 4) is 0 Å². The molecule has 0 spiro atoms. The molecule has 114 valence electrons. The molecule has 2 heterocycles. The number of hydrogen-bond donors (Lipinski definition) is 1. The molecule has 2 atom stereocenters. The number of nitrogens with zero attached hydrogens (tertiary/aromatic N) is 3. The Hall–Kier alpha value is -1.50. The van der Waals surface area contributed by atoms with Crippen LogP contribution in [-0.2, 0) is 4.79 Å². The molecule has 0 saturated heterocycles. The highest BCUT2D eigenvalue weighted by atomic mass is 35.5. The molecule has 2 unspecified atom stereocenters. The summed E-state index contributed by atoms with van der Waals surface area (Å²) in [5, 5.41) is 2.17. The average molecular weight is 317 g/mol. The van der Waals surface area contributed by atoms with Gasteiger partial charge in [-0.25, -0.2) is 4.98 Å². The van der Waals surface area contributed by atoms with Gasteiger partial charge in [-0.15, -0.1) is 0 Å². The lowest BCUT2D eigenvalue weighted by Gasteiger charge is -2.31. The van der Waals surface area contributed by atoms with E-state index in [0.717, 1.165) is 19.3 Å². The summed E-state index contributed by atoms with van der Waals surface area (Å²) in [7, 11) is 0. The van der Waals surface area contributed by atoms with Crippen LogP contribution in [0.25, 0.3) is 0 Å². The van der Waals surface area contributed by atoms with Crippen molar-refractivity contribution in [2.24, 2.45) is 5.92 Å². The molecular weight excluding hydrogens is 302 g/mol. The number of rotatable bonds is 1. The van der Waals surface area contributed by atoms with Gasteiger partial charge in [0, 0.05) is 6.04 Å². The van der Waals surface area contributed by atoms with Crippen molar-refractivity contribution in [2.75, 3.05) is 16.8 Å². The zero-order chi connectivity index (χ0) is 15.2. The van der Waals surface area contributed by atoms with Gasteiger partial charge in [-0.05, 0) is 36.8 Å². The van der Waals surface area contributed by atoms with Crippen molar-refractivity contribution in [1.82, 2.24) is 9.97 Å². The number of halogens is 3. The molecule has 1 aliphatic carbocycles. The number of hydrogen-bond acceptors (Lipinski definition) is 4. The molecule has 1 amide bonds. The van der Waals surface area contributed by atoms with Crippen molar-refractivity contribution < 1.29 is 13.6 Å². The first-order valence-electron chi connectivity index (χ1n) is 6.85. The molecule has 1 fully saturated rings. The molecule has 1 aromatic rings. The number of amides is 1. The summed E-state index contributed by atoms with van der Waals surface area (Å²) < 4.78 is 28.0. The predicted octanol–water partition coefficient (Wildman–Crippen LogP) is 2.71. The Labute approximate surface area is 125 Å². The number of nitrogens with one attached hydrogen (secondary N) is 1. The first-order valence-corrected chi connectivity index (χ1v) is 7.23. The van der Waals surface area contributed by atoms with Crippen molar-refractivity contribution in [2.45, 2.75) is 38.2 Å². The lowest BCUT2D eigenvalue weighted by atomic mass is 10.1. The monoisotopic (exact) mass is 316 g/mol. The van der Waals surface area contributed by atoms with Crippen LogP contribution in [0, 0.1) is 5.92 Å². The normalized spacial score (nSPS) is 28.0. The molecule has 0 bridgehead atoms. The number of anilines is 2. The molecule has 3 rings (SSSR count). The van der Waals surface area contributed by atoms with Crippen LogP contribution in [-0.4, -0.2) is 34.4 Å². The van der Waals surface area contributed by atoms with E-state index >= 15 is 0 Å². The highest BCUT2D eigenvalue weighted by molar-refractivity contribution is 6.28. The van der Waals surface area contributed by atoms with E-state index in [1.807, 2.05) is 0 Å². The van der Waals surface area contributed by atoms with Crippen LogP contribution in [0.1, 0.15) is 26.2 Å². The summed E-state index contributed by atoms with van der Waals surface area (Å²) >= 11 is 5.79. The minimum Gasteiger partial charge on any atom is -0.345 e. The highest BCUT2D eigenvalue weighted by Crippen LogP contribution is 2.38. The van der Waals surface area contributed by atoms with Gasteiger partial charge >= 0.3 is 5.92 Å². The first kappa shape index (κ1) is 14.4. The summed E-state index contributed by atoms with van der Waals surface area (Å²) in [4.78, 5) is 21.0. The maximum atomic E-state index is 14.0. The molecular formula is C13H15ClF2N4O. The van der Waals surface area contributed by atoms with E-state index in [1.54, 1.807) is 0 Å². The van der Waals surface area contributed by atoms with Gasteiger partial charge in [0.15, 0.2) is 5.82 Å². The number of alkyl halides is 2. The van der Waals surface area contributed by atoms with E-state index in [4.69, 9.17) is 11.6 Å². The molecule has 21 heavy (non-hydrogen) atoms. The summed E-state index contributed by atoms with van der Waals surface area (Å²) in [6, 6.07) is -0.0664. The summed E-state index contributed by atoms with van der Waals surface area (Å²) in [6.45, 7) is 1.41. The fourth-order valence-electron chi connectivity index (χ4n) is 3.00. The van der Waals surface area contributed by atoms with E-state index in [1.165, 1.54) is 11.1 Å². The lowest BCUT2D eigenvalue weighted by Crippen LogP contribution is -2.46. The molecule has 0 aromatic carbocycles. The Morgan fingerprint density at radius 2 is 2.24 bits per heavy atom. The smallest absolute Gasteiger partial charge is 0.341 e. The van der Waals surface area contributed by atoms with Gasteiger partial charge < -0.3 is 10.2 Å². The zero-order valence-corrected chi connectivity index (χ0v) is 12.2. The van der Waals surface area contributed by atoms with Gasteiger partial charge in [0.1, 0.15) is 5.69 Å². The highest BCUT2D eigenvalue weighted by Gasteiger charge is 2.46. The number of fused-ring (bicyclic) bond motifs is 1. The third-order valence-corrected chi connectivity index (χ3v) is 4.25. The Morgan fingerprint density at radius 1 is 1.48 bits per heavy atom. The fourth-order valence-corrected chi connectivity index (χ4v) is 3.12. The molecule has 1 saturated carbocycles. The maximum absolute atomic E-state index is 14.0. The van der Waals surface area contributed by atoms with Crippen molar-refractivity contribution in [1.29, 1.82) is 0 Å². The summed E-state index contributed by atoms with van der Waals surface area (Å²) in [5.41, 5.74) is 0.182. The average Bonchev–Trinajstić information content (AvgIpc) is 2.80. The van der Waals surface area contributed by atoms with Gasteiger partial charge in [0.25, 0.3) is 5.91 Å². The second kappa shape index (κ2) is 5.05. The maximum Gasteiger partial charge on any atom is 0.341 e. The number of aromatic nitrogens is 2. The number of carbonyl (C=O) groups excluding carboxylic acids is 1. The van der Waals surface area contributed by atoms with Gasteiger partial charge in [-0.2, -0.15) is 13.8 Å². The van der Waals surface area contributed by atoms with Crippen LogP contribution in [0.15, 0.2) is 6.20 Å². The van der Waals surface area contributed by atoms with Crippen LogP contribution in [0.3, 0.4) is 0 Å². The minimum atomic E-state index is -3.47. The Bertz CT molecular complexity index is 583. The molecule has 1 aliphatic heterocycles. The molecule has 1 aromatic heterocycles. The predicted molar refractivity (Wildman–Crippen MR) is 74.8 cm³/mol. The van der Waals surface area contributed by atoms with Crippen molar-refractivity contribution in [3.05, 3.63) is 11.5 Å². The number of carbonyl (C=O) groups is 1. The van der Waals surface area contributed by atoms with Crippen LogP contribution in [0.5, 0.6) is 0 Å². The Balaban J connectivity index is 2.04. The summed E-state index contributed by atoms with van der Waals surface area (Å²) in [6.07, 6.45) is 3.84. The second-order valence-electron chi connectivity index (χ2n) is 5.73. The van der Waals surface area contributed by atoms with Gasteiger partial charge in [-0.1, -0.05) is 6.92 Å². The van der Waals surface area contributed by atoms with Crippen molar-refractivity contribution in [3.63, 3.8) is 0 Å². The van der Waals surface area contributed by atoms with Crippen LogP contribution in [0.4, 0.5) is 20.3 Å². The molecule has 8 heteroatoms. The van der Waals surface area contributed by atoms with Crippen LogP contribution >= 0.6 is 11.6 Å². The van der Waals surface area contributed by atoms with Gasteiger partial charge in [0.2, 0.25) is 5.28 Å². The van der Waals surface area contributed by atoms with Crippen LogP contribution < -0.4 is 10.2 Å². The van der Waals surface area contributed by atoms with Gasteiger partial charge in [0.05, 0.1) is 12.7 Å². The van der Waals surface area contributed by atoms with Crippen molar-refractivity contribution >= 4 is 29.0 Å². The van der Waals surface area contributed by atoms with E-state index < -0.39 is 18.4 Å². The molecule has 2 aliphatic rings. The largest absolute Gasteiger partial charge is 0.345 e. The quantitative estimate of drug-likeness (QED) is 0.809. The fraction of sp³-hybridized carbons (Fsp3) is 0.615. The Kier molecular flexibility index (Phi) is 3.47. The summed E-state index contributed by atoms with van der Waals surface area (Å²) in [5.74, 6) is -4.06. The standard InChI is InChI=1S/C13H15ClF2N4O/c1-7-2-3-8(4-7)20-6-13(15,16)11(21)18-9-5-17-12(14)19-10(9)20/h5,7-8H,2-4,6H2,1H3,(H,18,21). The molecule has 1 N–H and O–H groups in total. The SMILES string of the molecule is CC1CCC(N2CC(F)(F)C(=O)Nc3cnc(Cl)nc32)C1. The first-order chi connectivity index (χ1) is 9.87.